The first kappa shape index (κ1) is 18.5. The molecule has 1 unspecified atom stereocenters. The van der Waals surface area contributed by atoms with Crippen molar-refractivity contribution < 1.29 is 23.0 Å². The lowest BCUT2D eigenvalue weighted by molar-refractivity contribution is 0.173. The molecular weight excluding hydrogens is 376 g/mol. The molecular formula is C22H20O5S. The number of ether oxygens (including phenoxy) is 2. The van der Waals surface area contributed by atoms with E-state index in [4.69, 9.17) is 9.47 Å². The molecule has 3 aromatic carbocycles. The topological polar surface area (TPSA) is 72.8 Å². The highest BCUT2D eigenvalue weighted by atomic mass is 32.2. The Morgan fingerprint density at radius 1 is 0.964 bits per heavy atom. The highest BCUT2D eigenvalue weighted by Crippen LogP contribution is 2.42. The summed E-state index contributed by atoms with van der Waals surface area (Å²) in [5.41, 5.74) is 4.04. The van der Waals surface area contributed by atoms with Crippen molar-refractivity contribution in [2.24, 2.45) is 0 Å². The predicted molar refractivity (Wildman–Crippen MR) is 106 cm³/mol. The first-order valence-electron chi connectivity index (χ1n) is 8.81. The normalized spacial score (nSPS) is 14.1. The number of sulfone groups is 1. The molecule has 6 heteroatoms. The molecule has 0 amide bonds. The van der Waals surface area contributed by atoms with Crippen LogP contribution in [0.4, 0.5) is 0 Å². The van der Waals surface area contributed by atoms with Gasteiger partial charge in [0, 0.05) is 6.26 Å². The lowest BCUT2D eigenvalue weighted by Gasteiger charge is -2.18. The van der Waals surface area contributed by atoms with Crippen LogP contribution >= 0.6 is 0 Å². The number of hydrogen-bond donors (Lipinski definition) is 1. The zero-order valence-electron chi connectivity index (χ0n) is 15.5. The fourth-order valence-electron chi connectivity index (χ4n) is 3.34. The molecule has 1 aliphatic rings. The number of aliphatic hydroxyl groups is 1. The monoisotopic (exact) mass is 396 g/mol. The molecule has 1 heterocycles. The molecule has 0 fully saturated rings. The highest BCUT2D eigenvalue weighted by Gasteiger charge is 2.23. The maximum absolute atomic E-state index is 11.7. The SMILES string of the molecule is Cc1cccc(C(O)c2cc3c(cc2-c2ccc(S(C)(=O)=O)cc2)OCO3)c1. The van der Waals surface area contributed by atoms with Crippen LogP contribution in [0, 0.1) is 6.92 Å². The number of fused-ring (bicyclic) bond motifs is 1. The Hall–Kier alpha value is -2.83. The van der Waals surface area contributed by atoms with Crippen molar-refractivity contribution in [3.8, 4) is 22.6 Å². The molecule has 3 aromatic rings. The van der Waals surface area contributed by atoms with Crippen molar-refractivity contribution >= 4 is 9.84 Å². The number of rotatable bonds is 4. The minimum Gasteiger partial charge on any atom is -0.454 e. The molecule has 0 spiro atoms. The Morgan fingerprint density at radius 3 is 2.29 bits per heavy atom. The molecule has 0 radical (unpaired) electrons. The molecule has 0 aromatic heterocycles. The Kier molecular flexibility index (Phi) is 4.61. The average molecular weight is 396 g/mol. The fourth-order valence-corrected chi connectivity index (χ4v) is 3.97. The summed E-state index contributed by atoms with van der Waals surface area (Å²) in [6, 6.07) is 17.9. The predicted octanol–water partition coefficient (Wildman–Crippen LogP) is 3.88. The summed E-state index contributed by atoms with van der Waals surface area (Å²) in [7, 11) is -3.28. The Labute approximate surface area is 164 Å². The van der Waals surface area contributed by atoms with E-state index in [-0.39, 0.29) is 11.7 Å². The van der Waals surface area contributed by atoms with E-state index < -0.39 is 15.9 Å². The largest absolute Gasteiger partial charge is 0.454 e. The summed E-state index contributed by atoms with van der Waals surface area (Å²) in [6.07, 6.45) is 0.314. The van der Waals surface area contributed by atoms with Crippen LogP contribution in [0.2, 0.25) is 0 Å². The molecule has 1 N–H and O–H groups in total. The fraction of sp³-hybridized carbons (Fsp3) is 0.182. The van der Waals surface area contributed by atoms with Crippen LogP contribution < -0.4 is 9.47 Å². The van der Waals surface area contributed by atoms with E-state index >= 15 is 0 Å². The smallest absolute Gasteiger partial charge is 0.231 e. The van der Waals surface area contributed by atoms with Crippen LogP contribution in [-0.2, 0) is 9.84 Å². The van der Waals surface area contributed by atoms with E-state index in [9.17, 15) is 13.5 Å². The average Bonchev–Trinajstić information content (AvgIpc) is 3.13. The summed E-state index contributed by atoms with van der Waals surface area (Å²) in [5.74, 6) is 1.18. The summed E-state index contributed by atoms with van der Waals surface area (Å²) in [5, 5.41) is 11.1. The summed E-state index contributed by atoms with van der Waals surface area (Å²) >= 11 is 0. The van der Waals surface area contributed by atoms with Crippen LogP contribution in [0.3, 0.4) is 0 Å². The summed E-state index contributed by atoms with van der Waals surface area (Å²) < 4.78 is 34.5. The standard InChI is InChI=1S/C22H20O5S/c1-14-4-3-5-16(10-14)22(23)19-12-21-20(26-13-27-21)11-18(19)15-6-8-17(9-7-15)28(2,24)25/h3-12,22-23H,13H2,1-2H3. The van der Waals surface area contributed by atoms with Crippen molar-refractivity contribution in [2.45, 2.75) is 17.9 Å². The molecule has 0 aliphatic carbocycles. The van der Waals surface area contributed by atoms with Gasteiger partial charge in [0.1, 0.15) is 6.10 Å². The van der Waals surface area contributed by atoms with Crippen LogP contribution in [0.15, 0.2) is 65.6 Å². The second kappa shape index (κ2) is 6.96. The molecule has 0 bridgehead atoms. The maximum Gasteiger partial charge on any atom is 0.231 e. The Bertz CT molecular complexity index is 1130. The molecule has 144 valence electrons. The van der Waals surface area contributed by atoms with Gasteiger partial charge in [-0.05, 0) is 53.4 Å². The van der Waals surface area contributed by atoms with Gasteiger partial charge in [0.25, 0.3) is 0 Å². The molecule has 4 rings (SSSR count). The van der Waals surface area contributed by atoms with Gasteiger partial charge in [-0.1, -0.05) is 42.0 Å². The van der Waals surface area contributed by atoms with Crippen molar-refractivity contribution in [3.05, 3.63) is 77.4 Å². The number of aliphatic hydroxyl groups excluding tert-OH is 1. The number of hydrogen-bond acceptors (Lipinski definition) is 5. The van der Waals surface area contributed by atoms with Crippen molar-refractivity contribution in [3.63, 3.8) is 0 Å². The minimum atomic E-state index is -3.28. The number of benzene rings is 3. The third-order valence-electron chi connectivity index (χ3n) is 4.79. The zero-order chi connectivity index (χ0) is 19.9. The quantitative estimate of drug-likeness (QED) is 0.725. The molecule has 0 saturated heterocycles. The van der Waals surface area contributed by atoms with Crippen LogP contribution in [0.1, 0.15) is 22.8 Å². The van der Waals surface area contributed by atoms with Gasteiger partial charge in [0.15, 0.2) is 21.3 Å². The molecule has 0 saturated carbocycles. The van der Waals surface area contributed by atoms with Crippen molar-refractivity contribution in [1.82, 2.24) is 0 Å². The van der Waals surface area contributed by atoms with Crippen molar-refractivity contribution in [1.29, 1.82) is 0 Å². The van der Waals surface area contributed by atoms with E-state index in [1.54, 1.807) is 30.3 Å². The van der Waals surface area contributed by atoms with E-state index in [1.165, 1.54) is 6.26 Å². The van der Waals surface area contributed by atoms with Gasteiger partial charge in [-0.25, -0.2) is 8.42 Å². The van der Waals surface area contributed by atoms with Crippen LogP contribution in [0.5, 0.6) is 11.5 Å². The minimum absolute atomic E-state index is 0.131. The lowest BCUT2D eigenvalue weighted by Crippen LogP contribution is -2.03. The molecule has 28 heavy (non-hydrogen) atoms. The van der Waals surface area contributed by atoms with Gasteiger partial charge in [0.2, 0.25) is 6.79 Å². The Balaban J connectivity index is 1.84. The van der Waals surface area contributed by atoms with E-state index in [0.717, 1.165) is 22.3 Å². The lowest BCUT2D eigenvalue weighted by atomic mass is 9.91. The maximum atomic E-state index is 11.7. The van der Waals surface area contributed by atoms with Gasteiger partial charge in [0.05, 0.1) is 4.90 Å². The third-order valence-corrected chi connectivity index (χ3v) is 5.92. The van der Waals surface area contributed by atoms with Gasteiger partial charge in [-0.2, -0.15) is 0 Å². The molecule has 1 atom stereocenters. The summed E-state index contributed by atoms with van der Waals surface area (Å²) in [6.45, 7) is 2.10. The first-order valence-corrected chi connectivity index (χ1v) is 10.7. The second-order valence-corrected chi connectivity index (χ2v) is 8.92. The first-order chi connectivity index (χ1) is 13.3. The van der Waals surface area contributed by atoms with E-state index in [2.05, 4.69) is 0 Å². The van der Waals surface area contributed by atoms with Gasteiger partial charge in [-0.15, -0.1) is 0 Å². The van der Waals surface area contributed by atoms with Gasteiger partial charge in [-0.3, -0.25) is 0 Å². The molecule has 5 nitrogen and oxygen atoms in total. The van der Waals surface area contributed by atoms with Gasteiger partial charge >= 0.3 is 0 Å². The zero-order valence-corrected chi connectivity index (χ0v) is 16.4. The van der Waals surface area contributed by atoms with Crippen LogP contribution in [0.25, 0.3) is 11.1 Å². The second-order valence-electron chi connectivity index (χ2n) is 6.91. The van der Waals surface area contributed by atoms with Crippen LogP contribution in [-0.4, -0.2) is 26.6 Å². The summed E-state index contributed by atoms with van der Waals surface area (Å²) in [4.78, 5) is 0.248. The van der Waals surface area contributed by atoms with Crippen molar-refractivity contribution in [2.75, 3.05) is 13.0 Å². The highest BCUT2D eigenvalue weighted by molar-refractivity contribution is 7.90. The Morgan fingerprint density at radius 2 is 1.64 bits per heavy atom. The van der Waals surface area contributed by atoms with E-state index in [1.807, 2.05) is 37.3 Å². The number of aryl methyl sites for hydroxylation is 1. The van der Waals surface area contributed by atoms with E-state index in [0.29, 0.717) is 17.1 Å². The van der Waals surface area contributed by atoms with Gasteiger partial charge < -0.3 is 14.6 Å². The third kappa shape index (κ3) is 3.48. The molecule has 1 aliphatic heterocycles.